The van der Waals surface area contributed by atoms with Gasteiger partial charge >= 0.3 is 0 Å². The molecule has 1 N–H and O–H groups in total. The molecular formula is C13H8Cl2N4OS. The normalized spacial score (nSPS) is 10.6. The van der Waals surface area contributed by atoms with Crippen molar-refractivity contribution in [2.45, 2.75) is 0 Å². The second-order valence-corrected chi connectivity index (χ2v) is 6.16. The molecule has 2 heterocycles. The molecule has 106 valence electrons. The fourth-order valence-corrected chi connectivity index (χ4v) is 2.99. The number of hydrogen-bond acceptors (Lipinski definition) is 4. The van der Waals surface area contributed by atoms with Crippen molar-refractivity contribution in [3.8, 4) is 5.69 Å². The van der Waals surface area contributed by atoms with Gasteiger partial charge in [-0.25, -0.2) is 9.67 Å². The van der Waals surface area contributed by atoms with Crippen molar-refractivity contribution in [2.24, 2.45) is 0 Å². The zero-order valence-electron chi connectivity index (χ0n) is 10.5. The van der Waals surface area contributed by atoms with Gasteiger partial charge in [-0.05, 0) is 24.3 Å². The van der Waals surface area contributed by atoms with Gasteiger partial charge in [0, 0.05) is 0 Å². The minimum Gasteiger partial charge on any atom is -0.319 e. The molecule has 21 heavy (non-hydrogen) atoms. The lowest BCUT2D eigenvalue weighted by Gasteiger charge is -2.11. The molecule has 0 aliphatic carbocycles. The van der Waals surface area contributed by atoms with Gasteiger partial charge in [0.05, 0.1) is 19.9 Å². The molecule has 8 heteroatoms. The summed E-state index contributed by atoms with van der Waals surface area (Å²) < 4.78 is 2.06. The van der Waals surface area contributed by atoms with Crippen LogP contribution in [0.4, 0.5) is 5.69 Å². The van der Waals surface area contributed by atoms with E-state index in [-0.39, 0.29) is 5.91 Å². The molecule has 0 saturated heterocycles. The lowest BCUT2D eigenvalue weighted by Crippen LogP contribution is -2.13. The summed E-state index contributed by atoms with van der Waals surface area (Å²) in [7, 11) is 0. The number of benzene rings is 1. The SMILES string of the molecule is O=C(Nc1cccc(Cl)c1-n1cncn1)c1ccc(Cl)s1. The highest BCUT2D eigenvalue weighted by molar-refractivity contribution is 7.18. The molecular weight excluding hydrogens is 331 g/mol. The van der Waals surface area contributed by atoms with E-state index in [1.54, 1.807) is 30.3 Å². The van der Waals surface area contributed by atoms with Crippen LogP contribution in [-0.4, -0.2) is 20.7 Å². The Morgan fingerprint density at radius 3 is 2.76 bits per heavy atom. The highest BCUT2D eigenvalue weighted by Gasteiger charge is 2.14. The number of hydrogen-bond donors (Lipinski definition) is 1. The highest BCUT2D eigenvalue weighted by Crippen LogP contribution is 2.29. The van der Waals surface area contributed by atoms with Crippen LogP contribution in [0.25, 0.3) is 5.69 Å². The summed E-state index contributed by atoms with van der Waals surface area (Å²) in [6, 6.07) is 8.56. The lowest BCUT2D eigenvalue weighted by molar-refractivity contribution is 0.103. The van der Waals surface area contributed by atoms with E-state index in [9.17, 15) is 4.79 Å². The Balaban J connectivity index is 1.96. The van der Waals surface area contributed by atoms with Crippen LogP contribution in [0.15, 0.2) is 43.0 Å². The largest absolute Gasteiger partial charge is 0.319 e. The number of para-hydroxylation sites is 1. The average Bonchev–Trinajstić information content (AvgIpc) is 3.10. The van der Waals surface area contributed by atoms with Crippen molar-refractivity contribution in [3.63, 3.8) is 0 Å². The summed E-state index contributed by atoms with van der Waals surface area (Å²) in [4.78, 5) is 16.6. The Bertz CT molecular complexity index is 785. The number of carbonyl (C=O) groups is 1. The van der Waals surface area contributed by atoms with Crippen molar-refractivity contribution in [1.29, 1.82) is 0 Å². The fourth-order valence-electron chi connectivity index (χ4n) is 1.79. The maximum atomic E-state index is 12.2. The van der Waals surface area contributed by atoms with Crippen molar-refractivity contribution in [3.05, 3.63) is 57.2 Å². The first-order valence-electron chi connectivity index (χ1n) is 5.85. The van der Waals surface area contributed by atoms with Crippen molar-refractivity contribution in [2.75, 3.05) is 5.32 Å². The molecule has 3 aromatic rings. The van der Waals surface area contributed by atoms with Gasteiger partial charge in [0.15, 0.2) is 0 Å². The van der Waals surface area contributed by atoms with Crippen LogP contribution in [0.1, 0.15) is 9.67 Å². The number of aromatic nitrogens is 3. The van der Waals surface area contributed by atoms with Crippen LogP contribution in [0.3, 0.4) is 0 Å². The number of carbonyl (C=O) groups excluding carboxylic acids is 1. The van der Waals surface area contributed by atoms with Crippen LogP contribution in [-0.2, 0) is 0 Å². The molecule has 5 nitrogen and oxygen atoms in total. The van der Waals surface area contributed by atoms with E-state index in [1.165, 1.54) is 28.7 Å². The molecule has 0 bridgehead atoms. The fraction of sp³-hybridized carbons (Fsp3) is 0. The number of thiophene rings is 1. The smallest absolute Gasteiger partial charge is 0.265 e. The number of rotatable bonds is 3. The summed E-state index contributed by atoms with van der Waals surface area (Å²) in [5, 5.41) is 7.31. The van der Waals surface area contributed by atoms with Gasteiger partial charge in [-0.15, -0.1) is 11.3 Å². The molecule has 1 amide bonds. The first-order valence-corrected chi connectivity index (χ1v) is 7.42. The Hall–Kier alpha value is -1.89. The second kappa shape index (κ2) is 5.85. The number of halogens is 2. The van der Waals surface area contributed by atoms with Crippen molar-refractivity contribution >= 4 is 46.1 Å². The molecule has 0 aliphatic rings. The Kier molecular flexibility index (Phi) is 3.92. The molecule has 2 aromatic heterocycles. The van der Waals surface area contributed by atoms with Gasteiger partial charge in [-0.3, -0.25) is 4.79 Å². The predicted octanol–water partition coefficient (Wildman–Crippen LogP) is 3.89. The average molecular weight is 339 g/mol. The van der Waals surface area contributed by atoms with Gasteiger partial charge in [-0.1, -0.05) is 29.3 Å². The van der Waals surface area contributed by atoms with E-state index in [0.717, 1.165) is 0 Å². The Morgan fingerprint density at radius 2 is 2.10 bits per heavy atom. The highest BCUT2D eigenvalue weighted by atomic mass is 35.5. The van der Waals surface area contributed by atoms with Gasteiger partial charge in [0.25, 0.3) is 5.91 Å². The maximum Gasteiger partial charge on any atom is 0.265 e. The lowest BCUT2D eigenvalue weighted by atomic mass is 10.2. The van der Waals surface area contributed by atoms with Crippen LogP contribution >= 0.6 is 34.5 Å². The quantitative estimate of drug-likeness (QED) is 0.788. The molecule has 0 aliphatic heterocycles. The van der Waals surface area contributed by atoms with E-state index in [0.29, 0.717) is 25.6 Å². The summed E-state index contributed by atoms with van der Waals surface area (Å²) in [6.45, 7) is 0. The zero-order chi connectivity index (χ0) is 14.8. The van der Waals surface area contributed by atoms with Crippen LogP contribution < -0.4 is 5.32 Å². The number of nitrogens with one attached hydrogen (secondary N) is 1. The third kappa shape index (κ3) is 2.92. The van der Waals surface area contributed by atoms with Gasteiger partial charge in [-0.2, -0.15) is 5.10 Å². The first kappa shape index (κ1) is 14.1. The minimum atomic E-state index is -0.254. The number of amides is 1. The molecule has 1 aromatic carbocycles. The van der Waals surface area contributed by atoms with Crippen LogP contribution in [0.2, 0.25) is 9.36 Å². The first-order chi connectivity index (χ1) is 10.1. The Morgan fingerprint density at radius 1 is 1.24 bits per heavy atom. The maximum absolute atomic E-state index is 12.2. The van der Waals surface area contributed by atoms with E-state index in [2.05, 4.69) is 15.4 Å². The molecule has 0 spiro atoms. The van der Waals surface area contributed by atoms with E-state index >= 15 is 0 Å². The van der Waals surface area contributed by atoms with Gasteiger partial charge in [0.1, 0.15) is 18.3 Å². The molecule has 0 saturated carbocycles. The van der Waals surface area contributed by atoms with Gasteiger partial charge < -0.3 is 5.32 Å². The predicted molar refractivity (Wildman–Crippen MR) is 83.7 cm³/mol. The molecule has 3 rings (SSSR count). The second-order valence-electron chi connectivity index (χ2n) is 4.03. The summed E-state index contributed by atoms with van der Waals surface area (Å²) in [6.07, 6.45) is 2.91. The van der Waals surface area contributed by atoms with Crippen LogP contribution in [0, 0.1) is 0 Å². The summed E-state index contributed by atoms with van der Waals surface area (Å²) in [5.41, 5.74) is 1.11. The standard InChI is InChI=1S/C13H8Cl2N4OS/c14-8-2-1-3-9(12(8)19-7-16-6-17-19)18-13(20)10-4-5-11(15)21-10/h1-7H,(H,18,20). The van der Waals surface area contributed by atoms with Crippen molar-refractivity contribution < 1.29 is 4.79 Å². The van der Waals surface area contributed by atoms with E-state index < -0.39 is 0 Å². The summed E-state index contributed by atoms with van der Waals surface area (Å²) in [5.74, 6) is -0.254. The molecule has 0 radical (unpaired) electrons. The molecule has 0 unspecified atom stereocenters. The minimum absolute atomic E-state index is 0.254. The number of anilines is 1. The van der Waals surface area contributed by atoms with Gasteiger partial charge in [0.2, 0.25) is 0 Å². The molecule has 0 atom stereocenters. The monoisotopic (exact) mass is 338 g/mol. The van der Waals surface area contributed by atoms with Crippen molar-refractivity contribution in [1.82, 2.24) is 14.8 Å². The Labute approximate surface area is 134 Å². The topological polar surface area (TPSA) is 59.8 Å². The third-order valence-electron chi connectivity index (χ3n) is 2.68. The number of nitrogens with zero attached hydrogens (tertiary/aromatic N) is 3. The summed E-state index contributed by atoms with van der Waals surface area (Å²) >= 11 is 13.2. The third-order valence-corrected chi connectivity index (χ3v) is 4.21. The molecule has 0 fully saturated rings. The zero-order valence-corrected chi connectivity index (χ0v) is 12.8. The van der Waals surface area contributed by atoms with E-state index in [4.69, 9.17) is 23.2 Å². The van der Waals surface area contributed by atoms with E-state index in [1.807, 2.05) is 0 Å². The van der Waals surface area contributed by atoms with Crippen LogP contribution in [0.5, 0.6) is 0 Å².